The fourth-order valence-electron chi connectivity index (χ4n) is 3.09. The zero-order valence-corrected chi connectivity index (χ0v) is 14.7. The number of hydrogen-bond acceptors (Lipinski definition) is 4. The number of ether oxygens (including phenoxy) is 1. The topological polar surface area (TPSA) is 61.9 Å². The molecule has 6 heteroatoms. The van der Waals surface area contributed by atoms with E-state index < -0.39 is 5.60 Å². The maximum absolute atomic E-state index is 11.9. The predicted octanol–water partition coefficient (Wildman–Crippen LogP) is 1.45. The molecule has 0 aliphatic carbocycles. The lowest BCUT2D eigenvalue weighted by atomic mass is 9.73. The number of hydrogen-bond donors (Lipinski definition) is 1. The molecule has 0 saturated carbocycles. The molecule has 0 radical (unpaired) electrons. The molecule has 0 aromatic heterocycles. The van der Waals surface area contributed by atoms with Gasteiger partial charge in [-0.3, -0.25) is 9.69 Å². The molecule has 2 rings (SSSR count). The van der Waals surface area contributed by atoms with Gasteiger partial charge in [0, 0.05) is 37.1 Å². The molecule has 22 heavy (non-hydrogen) atoms. The molecule has 2 saturated heterocycles. The van der Waals surface area contributed by atoms with E-state index in [1.807, 2.05) is 41.5 Å². The van der Waals surface area contributed by atoms with Gasteiger partial charge in [0.05, 0.1) is 6.54 Å². The average molecular weight is 311 g/mol. The summed E-state index contributed by atoms with van der Waals surface area (Å²) in [6, 6.07) is 0. The van der Waals surface area contributed by atoms with Gasteiger partial charge in [-0.1, -0.05) is 0 Å². The predicted molar refractivity (Wildman–Crippen MR) is 84.6 cm³/mol. The van der Waals surface area contributed by atoms with E-state index in [0.717, 1.165) is 26.2 Å². The highest BCUT2D eigenvalue weighted by Crippen LogP contribution is 2.39. The van der Waals surface area contributed by atoms with Crippen molar-refractivity contribution >= 4 is 12.0 Å². The van der Waals surface area contributed by atoms with E-state index in [0.29, 0.717) is 6.54 Å². The quantitative estimate of drug-likeness (QED) is 0.838. The van der Waals surface area contributed by atoms with Crippen LogP contribution in [-0.4, -0.2) is 65.7 Å². The Hall–Kier alpha value is -1.30. The third-order valence-electron chi connectivity index (χ3n) is 3.70. The Kier molecular flexibility index (Phi) is 4.19. The molecular weight excluding hydrogens is 282 g/mol. The van der Waals surface area contributed by atoms with Gasteiger partial charge in [-0.15, -0.1) is 0 Å². The van der Waals surface area contributed by atoms with Gasteiger partial charge in [0.15, 0.2) is 0 Å². The molecule has 126 valence electrons. The molecule has 1 spiro atoms. The van der Waals surface area contributed by atoms with Crippen molar-refractivity contribution in [3.05, 3.63) is 0 Å². The zero-order chi connectivity index (χ0) is 16.8. The van der Waals surface area contributed by atoms with Gasteiger partial charge in [-0.25, -0.2) is 4.79 Å². The fourth-order valence-corrected chi connectivity index (χ4v) is 3.09. The highest BCUT2D eigenvalue weighted by molar-refractivity contribution is 5.79. The normalized spacial score (nSPS) is 21.1. The Labute approximate surface area is 133 Å². The number of amides is 2. The Morgan fingerprint density at radius 3 is 2.05 bits per heavy atom. The summed E-state index contributed by atoms with van der Waals surface area (Å²) in [7, 11) is 0. The monoisotopic (exact) mass is 311 g/mol. The molecule has 0 aromatic rings. The van der Waals surface area contributed by atoms with Crippen LogP contribution in [0.25, 0.3) is 0 Å². The Bertz CT molecular complexity index is 448. The lowest BCUT2D eigenvalue weighted by Gasteiger charge is -2.59. The van der Waals surface area contributed by atoms with Gasteiger partial charge in [0.2, 0.25) is 5.91 Å². The molecule has 0 atom stereocenters. The molecule has 2 amide bonds. The summed E-state index contributed by atoms with van der Waals surface area (Å²) in [5.74, 6) is 0.0608. The van der Waals surface area contributed by atoms with E-state index in [-0.39, 0.29) is 23.0 Å². The van der Waals surface area contributed by atoms with Crippen molar-refractivity contribution in [2.45, 2.75) is 52.7 Å². The van der Waals surface area contributed by atoms with Crippen LogP contribution in [0.4, 0.5) is 4.79 Å². The van der Waals surface area contributed by atoms with Crippen LogP contribution in [0.2, 0.25) is 0 Å². The van der Waals surface area contributed by atoms with Crippen LogP contribution in [0.5, 0.6) is 0 Å². The summed E-state index contributed by atoms with van der Waals surface area (Å²) in [5, 5.41) is 2.97. The highest BCUT2D eigenvalue weighted by atomic mass is 16.6. The summed E-state index contributed by atoms with van der Waals surface area (Å²) in [4.78, 5) is 27.7. The molecule has 2 aliphatic rings. The number of rotatable bonds is 2. The first kappa shape index (κ1) is 17.1. The van der Waals surface area contributed by atoms with Crippen LogP contribution in [0, 0.1) is 5.41 Å². The smallest absolute Gasteiger partial charge is 0.410 e. The van der Waals surface area contributed by atoms with Crippen molar-refractivity contribution in [3.63, 3.8) is 0 Å². The summed E-state index contributed by atoms with van der Waals surface area (Å²) in [5.41, 5.74) is -0.459. The minimum atomic E-state index is -0.448. The summed E-state index contributed by atoms with van der Waals surface area (Å²) >= 11 is 0. The van der Waals surface area contributed by atoms with Gasteiger partial charge < -0.3 is 15.0 Å². The van der Waals surface area contributed by atoms with E-state index >= 15 is 0 Å². The number of carbonyl (C=O) groups excluding carboxylic acids is 2. The Morgan fingerprint density at radius 1 is 1.05 bits per heavy atom. The van der Waals surface area contributed by atoms with Gasteiger partial charge >= 0.3 is 6.09 Å². The number of carbonyl (C=O) groups is 2. The van der Waals surface area contributed by atoms with Crippen LogP contribution in [-0.2, 0) is 9.53 Å². The van der Waals surface area contributed by atoms with E-state index in [1.54, 1.807) is 4.90 Å². The van der Waals surface area contributed by atoms with Crippen LogP contribution in [0.15, 0.2) is 0 Å². The van der Waals surface area contributed by atoms with Gasteiger partial charge in [-0.2, -0.15) is 0 Å². The van der Waals surface area contributed by atoms with Crippen LogP contribution in [0.3, 0.4) is 0 Å². The highest BCUT2D eigenvalue weighted by Gasteiger charge is 2.54. The molecule has 0 aromatic carbocycles. The number of nitrogens with zero attached hydrogens (tertiary/aromatic N) is 2. The van der Waals surface area contributed by atoms with Crippen LogP contribution in [0.1, 0.15) is 41.5 Å². The van der Waals surface area contributed by atoms with Crippen LogP contribution < -0.4 is 5.32 Å². The standard InChI is InChI=1S/C16H29N3O3/c1-14(2,3)17-12(20)7-18-8-16(9-18)10-19(11-16)13(21)22-15(4,5)6/h7-11H2,1-6H3,(H,17,20). The second-order valence-electron chi connectivity index (χ2n) is 8.78. The molecule has 2 aliphatic heterocycles. The van der Waals surface area contributed by atoms with Gasteiger partial charge in [0.1, 0.15) is 5.60 Å². The third-order valence-corrected chi connectivity index (χ3v) is 3.70. The molecular formula is C16H29N3O3. The maximum atomic E-state index is 11.9. The first-order valence-electron chi connectivity index (χ1n) is 7.89. The lowest BCUT2D eigenvalue weighted by molar-refractivity contribution is -0.136. The van der Waals surface area contributed by atoms with Gasteiger partial charge in [0.25, 0.3) is 0 Å². The molecule has 6 nitrogen and oxygen atoms in total. The van der Waals surface area contributed by atoms with E-state index in [1.165, 1.54) is 0 Å². The van der Waals surface area contributed by atoms with Crippen molar-refractivity contribution in [2.75, 3.05) is 32.7 Å². The third kappa shape index (κ3) is 4.35. The molecule has 2 fully saturated rings. The summed E-state index contributed by atoms with van der Waals surface area (Å²) < 4.78 is 5.36. The Balaban J connectivity index is 1.68. The SMILES string of the molecule is CC(C)(C)NC(=O)CN1CC2(C1)CN(C(=O)OC(C)(C)C)C2. The summed E-state index contributed by atoms with van der Waals surface area (Å²) in [6.45, 7) is 15.2. The fraction of sp³-hybridized carbons (Fsp3) is 0.875. The average Bonchev–Trinajstić information content (AvgIpc) is 2.13. The minimum absolute atomic E-state index is 0.0608. The van der Waals surface area contributed by atoms with E-state index in [2.05, 4.69) is 10.2 Å². The minimum Gasteiger partial charge on any atom is -0.444 e. The largest absolute Gasteiger partial charge is 0.444 e. The van der Waals surface area contributed by atoms with E-state index in [9.17, 15) is 9.59 Å². The first-order valence-corrected chi connectivity index (χ1v) is 7.89. The summed E-state index contributed by atoms with van der Waals surface area (Å²) in [6.07, 6.45) is -0.234. The van der Waals surface area contributed by atoms with Gasteiger partial charge in [-0.05, 0) is 41.5 Å². The lowest BCUT2D eigenvalue weighted by Crippen LogP contribution is -2.73. The molecule has 1 N–H and O–H groups in total. The molecule has 0 bridgehead atoms. The van der Waals surface area contributed by atoms with Crippen molar-refractivity contribution < 1.29 is 14.3 Å². The second kappa shape index (κ2) is 5.41. The van der Waals surface area contributed by atoms with Crippen molar-refractivity contribution in [2.24, 2.45) is 5.41 Å². The maximum Gasteiger partial charge on any atom is 0.410 e. The van der Waals surface area contributed by atoms with Crippen molar-refractivity contribution in [1.82, 2.24) is 15.1 Å². The van der Waals surface area contributed by atoms with Crippen molar-refractivity contribution in [3.8, 4) is 0 Å². The number of likely N-dealkylation sites (tertiary alicyclic amines) is 2. The van der Waals surface area contributed by atoms with Crippen LogP contribution >= 0.6 is 0 Å². The second-order valence-corrected chi connectivity index (χ2v) is 8.78. The van der Waals surface area contributed by atoms with E-state index in [4.69, 9.17) is 4.74 Å². The Morgan fingerprint density at radius 2 is 1.59 bits per heavy atom. The number of nitrogens with one attached hydrogen (secondary N) is 1. The molecule has 0 unspecified atom stereocenters. The zero-order valence-electron chi connectivity index (χ0n) is 14.7. The molecule has 2 heterocycles. The first-order chi connectivity index (χ1) is 9.88. The van der Waals surface area contributed by atoms with Crippen molar-refractivity contribution in [1.29, 1.82) is 0 Å².